The predicted molar refractivity (Wildman–Crippen MR) is 29.3 cm³/mol. The van der Waals surface area contributed by atoms with Gasteiger partial charge in [-0.25, -0.2) is 0 Å². The van der Waals surface area contributed by atoms with Crippen LogP contribution in [0.25, 0.3) is 0 Å². The predicted octanol–water partition coefficient (Wildman–Crippen LogP) is -2.79. The topological polar surface area (TPSA) is 0 Å². The zero-order chi connectivity index (χ0) is 0. The van der Waals surface area contributed by atoms with E-state index >= 15 is 0 Å². The van der Waals surface area contributed by atoms with Gasteiger partial charge in [0, 0.05) is 35.6 Å². The van der Waals surface area contributed by atoms with Crippen LogP contribution < -0.4 is 0 Å². The summed E-state index contributed by atoms with van der Waals surface area (Å²) in [5.41, 5.74) is 0. The number of hydrogen-bond donors (Lipinski definition) is 0. The Morgan fingerprint density at radius 2 is 1.25 bits per heavy atom. The van der Waals surface area contributed by atoms with E-state index in [-0.39, 0.29) is 122 Å². The molecule has 0 heterocycles. The Kier molecular flexibility index (Phi) is 98.4. The van der Waals surface area contributed by atoms with E-state index < -0.39 is 0 Å². The minimum Gasteiger partial charge on any atom is -1.00 e. The number of hydrogen-bond acceptors (Lipinski definition) is 0. The summed E-state index contributed by atoms with van der Waals surface area (Å²) in [6, 6.07) is 0. The fourth-order valence-corrected chi connectivity index (χ4v) is 0. The maximum atomic E-state index is 0. The Bertz CT molecular complexity index is 13.5. The quantitative estimate of drug-likeness (QED) is 0.396. The second kappa shape index (κ2) is 15.8. The summed E-state index contributed by atoms with van der Waals surface area (Å²) < 4.78 is 0. The molecule has 0 aliphatic rings. The first-order valence-electron chi connectivity index (χ1n) is 0. The summed E-state index contributed by atoms with van der Waals surface area (Å²) in [6.07, 6.45) is 0. The molecule has 0 aliphatic heterocycles. The standard InChI is InChI=1S/Al.Ba.GeH4.La.5H/h;;1H4;;;;;;/q;+2;;;;;;2*-1. The molecule has 0 amide bonds. The van der Waals surface area contributed by atoms with E-state index in [1.807, 2.05) is 0 Å². The maximum Gasteiger partial charge on any atom is 0 e. The van der Waals surface area contributed by atoms with Crippen molar-refractivity contribution >= 4 is 83.8 Å². The van der Waals surface area contributed by atoms with Gasteiger partial charge in [-0.1, -0.05) is 0 Å². The molecule has 0 saturated carbocycles. The van der Waals surface area contributed by atoms with Crippen LogP contribution in [0, 0.1) is 35.6 Å². The van der Waals surface area contributed by atoms with Crippen molar-refractivity contribution in [1.82, 2.24) is 0 Å². The zero-order valence-electron chi connectivity index (χ0n) is 3.28. The van der Waals surface area contributed by atoms with Crippen molar-refractivity contribution < 1.29 is 38.5 Å². The molecule has 0 saturated heterocycles. The molecule has 0 rings (SSSR count). The second-order valence-electron chi connectivity index (χ2n) is 0. The average Bonchev–Trinajstić information content (AvgIpc) is 0. The summed E-state index contributed by atoms with van der Waals surface area (Å²) in [5.74, 6) is 0. The van der Waals surface area contributed by atoms with Gasteiger partial charge in [-0.3, -0.25) is 0 Å². The Morgan fingerprint density at radius 1 is 1.25 bits per heavy atom. The first kappa shape index (κ1) is 24.9. The van der Waals surface area contributed by atoms with E-state index in [0.29, 0.717) is 0 Å². The molecule has 0 spiro atoms. The van der Waals surface area contributed by atoms with Gasteiger partial charge in [0.2, 0.25) is 0 Å². The Labute approximate surface area is 119 Å². The van der Waals surface area contributed by atoms with Gasteiger partial charge in [-0.05, 0) is 0 Å². The molecule has 0 nitrogen and oxygen atoms in total. The van der Waals surface area contributed by atoms with Crippen molar-refractivity contribution in [1.29, 1.82) is 0 Å². The molecule has 0 aromatic carbocycles. The third kappa shape index (κ3) is 9.28. The van der Waals surface area contributed by atoms with Crippen LogP contribution in [0.3, 0.4) is 0 Å². The van der Waals surface area contributed by atoms with Crippen LogP contribution >= 0.6 is 0 Å². The van der Waals surface area contributed by atoms with Gasteiger partial charge in [0.05, 0.1) is 0 Å². The normalized spacial score (nSPS) is 0. The molecule has 0 bridgehead atoms. The van der Waals surface area contributed by atoms with Crippen LogP contribution in [-0.4, -0.2) is 83.8 Å². The summed E-state index contributed by atoms with van der Waals surface area (Å²) >= 11 is 0. The van der Waals surface area contributed by atoms with Crippen molar-refractivity contribution in [2.45, 2.75) is 0 Å². The SMILES string of the molecule is [AlH3].[Ba+2].[GeH4].[H-].[H-].[La]. The fourth-order valence-electron chi connectivity index (χ4n) is 0. The van der Waals surface area contributed by atoms with Gasteiger partial charge in [0.25, 0.3) is 0 Å². The third-order valence-corrected chi connectivity index (χ3v) is 0. The summed E-state index contributed by atoms with van der Waals surface area (Å²) in [4.78, 5) is 0. The van der Waals surface area contributed by atoms with E-state index in [1.54, 1.807) is 0 Å². The molecule has 0 aliphatic carbocycles. The van der Waals surface area contributed by atoms with Gasteiger partial charge < -0.3 is 2.85 Å². The van der Waals surface area contributed by atoms with Gasteiger partial charge in [-0.15, -0.1) is 0 Å². The van der Waals surface area contributed by atoms with Crippen LogP contribution in [-0.2, 0) is 0 Å². The summed E-state index contributed by atoms with van der Waals surface area (Å²) in [6.45, 7) is 0. The van der Waals surface area contributed by atoms with E-state index in [4.69, 9.17) is 0 Å². The van der Waals surface area contributed by atoms with Crippen molar-refractivity contribution in [3.8, 4) is 0 Å². The zero-order valence-corrected chi connectivity index (χ0v) is 9.35. The third-order valence-electron chi connectivity index (χ3n) is 0. The van der Waals surface area contributed by atoms with Crippen LogP contribution in [0.15, 0.2) is 0 Å². The van der Waals surface area contributed by atoms with Crippen LogP contribution in [0.1, 0.15) is 2.85 Å². The molecule has 0 fully saturated rings. The Hall–Kier alpha value is 3.84. The van der Waals surface area contributed by atoms with Crippen molar-refractivity contribution in [3.63, 3.8) is 0 Å². The molecule has 0 atom stereocenters. The second-order valence-corrected chi connectivity index (χ2v) is 0. The van der Waals surface area contributed by atoms with Gasteiger partial charge in [0.15, 0.2) is 17.4 Å². The largest absolute Gasteiger partial charge is 1.00 e. The molecule has 4 heavy (non-hydrogen) atoms. The monoisotopic (exact) mass is 387 g/mol. The van der Waals surface area contributed by atoms with Gasteiger partial charge >= 0.3 is 66.5 Å². The fraction of sp³-hybridized carbons (Fsp3) is 0. The first-order chi connectivity index (χ1) is 0. The number of rotatable bonds is 0. The molecular weight excluding hydrogens is 376 g/mol. The molecular formula is H9AlBaGeLa. The molecule has 0 unspecified atom stereocenters. The van der Waals surface area contributed by atoms with E-state index in [9.17, 15) is 0 Å². The first-order valence-corrected chi connectivity index (χ1v) is 0. The van der Waals surface area contributed by atoms with Crippen LogP contribution in [0.5, 0.6) is 0 Å². The Balaban J connectivity index is 0. The van der Waals surface area contributed by atoms with Gasteiger partial charge in [0.1, 0.15) is 0 Å². The molecule has 4 heteroatoms. The maximum absolute atomic E-state index is 0. The van der Waals surface area contributed by atoms with Gasteiger partial charge in [-0.2, -0.15) is 0 Å². The van der Waals surface area contributed by atoms with Crippen LogP contribution in [0.4, 0.5) is 0 Å². The Morgan fingerprint density at radius 3 is 1.25 bits per heavy atom. The van der Waals surface area contributed by atoms with E-state index in [2.05, 4.69) is 0 Å². The van der Waals surface area contributed by atoms with Crippen molar-refractivity contribution in [3.05, 3.63) is 0 Å². The molecule has 1 radical (unpaired) electrons. The van der Waals surface area contributed by atoms with Crippen molar-refractivity contribution in [2.75, 3.05) is 0 Å². The molecule has 0 aromatic rings. The van der Waals surface area contributed by atoms with E-state index in [0.717, 1.165) is 0 Å². The molecule has 0 N–H and O–H groups in total. The average molecular weight is 385 g/mol. The minimum absolute atomic E-state index is 0. The summed E-state index contributed by atoms with van der Waals surface area (Å²) in [7, 11) is 0. The van der Waals surface area contributed by atoms with Crippen LogP contribution in [0.2, 0.25) is 0 Å². The molecule has 21 valence electrons. The summed E-state index contributed by atoms with van der Waals surface area (Å²) in [5, 5.41) is 0. The smallest absolute Gasteiger partial charge is 0 e. The van der Waals surface area contributed by atoms with E-state index in [1.165, 1.54) is 0 Å². The minimum atomic E-state index is 0. The van der Waals surface area contributed by atoms with Crippen molar-refractivity contribution in [2.24, 2.45) is 0 Å². The molecule has 0 aromatic heterocycles.